The lowest BCUT2D eigenvalue weighted by Crippen LogP contribution is -2.08. The van der Waals surface area contributed by atoms with E-state index < -0.39 is 0 Å². The molecular weight excluding hydrogens is 309 g/mol. The van der Waals surface area contributed by atoms with Gasteiger partial charge in [0.25, 0.3) is 0 Å². The van der Waals surface area contributed by atoms with Crippen LogP contribution in [0.1, 0.15) is 23.6 Å². The maximum absolute atomic E-state index is 6.24. The number of anilines is 1. The van der Waals surface area contributed by atoms with Crippen LogP contribution in [0.3, 0.4) is 0 Å². The quantitative estimate of drug-likeness (QED) is 0.812. The van der Waals surface area contributed by atoms with Gasteiger partial charge in [0.15, 0.2) is 0 Å². The minimum Gasteiger partial charge on any atom is -0.497 e. The molecule has 2 aromatic rings. The first kappa shape index (κ1) is 15.9. The largest absolute Gasteiger partial charge is 0.497 e. The number of aromatic nitrogens is 2. The van der Waals surface area contributed by atoms with Gasteiger partial charge in [0.05, 0.1) is 18.2 Å². The summed E-state index contributed by atoms with van der Waals surface area (Å²) in [7, 11) is 1.66. The number of nitrogens with one attached hydrogen (secondary N) is 1. The van der Waals surface area contributed by atoms with Crippen LogP contribution in [0.25, 0.3) is 0 Å². The van der Waals surface area contributed by atoms with Crippen LogP contribution in [-0.2, 0) is 6.42 Å². The van der Waals surface area contributed by atoms with Gasteiger partial charge in [-0.05, 0) is 31.0 Å². The van der Waals surface area contributed by atoms with Crippen molar-refractivity contribution in [1.29, 1.82) is 0 Å². The van der Waals surface area contributed by atoms with Crippen LogP contribution < -0.4 is 10.1 Å². The lowest BCUT2D eigenvalue weighted by molar-refractivity contribution is 0.414. The second kappa shape index (κ2) is 7.48. The third kappa shape index (κ3) is 4.22. The van der Waals surface area contributed by atoms with Crippen LogP contribution in [0.4, 0.5) is 5.82 Å². The molecule has 2 rings (SSSR count). The molecule has 0 fully saturated rings. The van der Waals surface area contributed by atoms with Gasteiger partial charge in [-0.25, -0.2) is 9.97 Å². The van der Waals surface area contributed by atoms with Crippen molar-refractivity contribution in [3.63, 3.8) is 0 Å². The number of nitrogens with zero attached hydrogens (tertiary/aromatic N) is 2. The maximum Gasteiger partial charge on any atom is 0.148 e. The molecule has 0 spiro atoms. The Bertz CT molecular complexity index is 588. The Morgan fingerprint density at radius 2 is 1.95 bits per heavy atom. The standard InChI is InChI=1S/C15H17Cl2N3O/c1-10(16)14-13(17)15(20-9-19-14)18-8-7-11-3-5-12(21-2)6-4-11/h3-6,9-10H,7-8H2,1-2H3,(H,18,19,20). The third-order valence-corrected chi connectivity index (χ3v) is 3.64. The van der Waals surface area contributed by atoms with Gasteiger partial charge in [-0.2, -0.15) is 0 Å². The summed E-state index contributed by atoms with van der Waals surface area (Å²) in [4.78, 5) is 8.24. The van der Waals surface area contributed by atoms with Crippen molar-refractivity contribution in [3.8, 4) is 5.75 Å². The minimum absolute atomic E-state index is 0.248. The topological polar surface area (TPSA) is 47.0 Å². The smallest absolute Gasteiger partial charge is 0.148 e. The third-order valence-electron chi connectivity index (χ3n) is 3.06. The highest BCUT2D eigenvalue weighted by Gasteiger charge is 2.12. The predicted octanol–water partition coefficient (Wildman–Crippen LogP) is 4.09. The van der Waals surface area contributed by atoms with Crippen LogP contribution in [0, 0.1) is 0 Å². The Kier molecular flexibility index (Phi) is 5.65. The van der Waals surface area contributed by atoms with Crippen molar-refractivity contribution in [2.24, 2.45) is 0 Å². The van der Waals surface area contributed by atoms with E-state index >= 15 is 0 Å². The summed E-state index contributed by atoms with van der Waals surface area (Å²) in [5.74, 6) is 1.47. The Morgan fingerprint density at radius 1 is 1.24 bits per heavy atom. The second-order valence-corrected chi connectivity index (χ2v) is 5.59. The van der Waals surface area contributed by atoms with Crippen molar-refractivity contribution in [1.82, 2.24) is 9.97 Å². The van der Waals surface area contributed by atoms with E-state index in [4.69, 9.17) is 27.9 Å². The summed E-state index contributed by atoms with van der Waals surface area (Å²) in [6.07, 6.45) is 2.33. The van der Waals surface area contributed by atoms with Gasteiger partial charge in [0.2, 0.25) is 0 Å². The Hall–Kier alpha value is -1.52. The highest BCUT2D eigenvalue weighted by Crippen LogP contribution is 2.29. The van der Waals surface area contributed by atoms with E-state index in [-0.39, 0.29) is 5.38 Å². The molecule has 0 saturated carbocycles. The van der Waals surface area contributed by atoms with Crippen LogP contribution >= 0.6 is 23.2 Å². The summed E-state index contributed by atoms with van der Waals surface area (Å²) >= 11 is 12.3. The van der Waals surface area contributed by atoms with Crippen molar-refractivity contribution in [2.75, 3.05) is 19.0 Å². The SMILES string of the molecule is COc1ccc(CCNc2ncnc(C(C)Cl)c2Cl)cc1. The van der Waals surface area contributed by atoms with Gasteiger partial charge < -0.3 is 10.1 Å². The van der Waals surface area contributed by atoms with E-state index in [0.29, 0.717) is 16.5 Å². The lowest BCUT2D eigenvalue weighted by atomic mass is 10.1. The van der Waals surface area contributed by atoms with Crippen LogP contribution in [0.15, 0.2) is 30.6 Å². The zero-order valence-electron chi connectivity index (χ0n) is 11.9. The summed E-state index contributed by atoms with van der Waals surface area (Å²) in [5.41, 5.74) is 1.85. The first-order valence-corrected chi connectivity index (χ1v) is 7.44. The van der Waals surface area contributed by atoms with Gasteiger partial charge in [0.1, 0.15) is 22.9 Å². The number of rotatable bonds is 6. The first-order valence-electron chi connectivity index (χ1n) is 6.63. The number of halogens is 2. The second-order valence-electron chi connectivity index (χ2n) is 4.56. The Labute approximate surface area is 134 Å². The highest BCUT2D eigenvalue weighted by molar-refractivity contribution is 6.34. The van der Waals surface area contributed by atoms with Crippen LogP contribution in [-0.4, -0.2) is 23.6 Å². The van der Waals surface area contributed by atoms with Crippen molar-refractivity contribution < 1.29 is 4.74 Å². The average Bonchev–Trinajstić information content (AvgIpc) is 2.49. The molecule has 1 atom stereocenters. The van der Waals surface area contributed by atoms with E-state index in [1.165, 1.54) is 11.9 Å². The molecule has 0 aliphatic rings. The van der Waals surface area contributed by atoms with Crippen LogP contribution in [0.5, 0.6) is 5.75 Å². The van der Waals surface area contributed by atoms with Gasteiger partial charge >= 0.3 is 0 Å². The molecule has 1 heterocycles. The maximum atomic E-state index is 6.24. The average molecular weight is 326 g/mol. The van der Waals surface area contributed by atoms with Crippen LogP contribution in [0.2, 0.25) is 5.02 Å². The predicted molar refractivity (Wildman–Crippen MR) is 86.5 cm³/mol. The van der Waals surface area contributed by atoms with Gasteiger partial charge in [0, 0.05) is 6.54 Å². The number of benzene rings is 1. The molecule has 21 heavy (non-hydrogen) atoms. The zero-order chi connectivity index (χ0) is 15.2. The van der Waals surface area contributed by atoms with E-state index in [0.717, 1.165) is 18.7 Å². The molecule has 0 aliphatic heterocycles. The Morgan fingerprint density at radius 3 is 2.57 bits per heavy atom. The molecule has 1 aromatic carbocycles. The van der Waals surface area contributed by atoms with E-state index in [1.807, 2.05) is 31.2 Å². The van der Waals surface area contributed by atoms with Crippen molar-refractivity contribution in [3.05, 3.63) is 46.9 Å². The van der Waals surface area contributed by atoms with E-state index in [1.54, 1.807) is 7.11 Å². The molecule has 0 saturated heterocycles. The molecular formula is C15H17Cl2N3O. The fourth-order valence-electron chi connectivity index (χ4n) is 1.90. The highest BCUT2D eigenvalue weighted by atomic mass is 35.5. The van der Waals surface area contributed by atoms with Gasteiger partial charge in [-0.3, -0.25) is 0 Å². The lowest BCUT2D eigenvalue weighted by Gasteiger charge is -2.11. The summed E-state index contributed by atoms with van der Waals surface area (Å²) in [5, 5.41) is 3.45. The molecule has 1 aromatic heterocycles. The fourth-order valence-corrected chi connectivity index (χ4v) is 2.45. The molecule has 0 amide bonds. The molecule has 0 aliphatic carbocycles. The van der Waals surface area contributed by atoms with Gasteiger partial charge in [-0.1, -0.05) is 23.7 Å². The minimum atomic E-state index is -0.248. The van der Waals surface area contributed by atoms with E-state index in [2.05, 4.69) is 15.3 Å². The normalized spacial score (nSPS) is 12.0. The van der Waals surface area contributed by atoms with Crippen molar-refractivity contribution in [2.45, 2.75) is 18.7 Å². The molecule has 4 nitrogen and oxygen atoms in total. The number of alkyl halides is 1. The monoisotopic (exact) mass is 325 g/mol. The molecule has 6 heteroatoms. The van der Waals surface area contributed by atoms with Gasteiger partial charge in [-0.15, -0.1) is 11.6 Å². The number of methoxy groups -OCH3 is 1. The Balaban J connectivity index is 1.95. The summed E-state index contributed by atoms with van der Waals surface area (Å²) in [6, 6.07) is 7.96. The molecule has 0 bridgehead atoms. The first-order chi connectivity index (χ1) is 10.1. The molecule has 0 radical (unpaired) electrons. The molecule has 1 N–H and O–H groups in total. The molecule has 1 unspecified atom stereocenters. The number of hydrogen-bond acceptors (Lipinski definition) is 4. The van der Waals surface area contributed by atoms with E-state index in [9.17, 15) is 0 Å². The summed E-state index contributed by atoms with van der Waals surface area (Å²) in [6.45, 7) is 2.55. The number of ether oxygens (including phenoxy) is 1. The van der Waals surface area contributed by atoms with Crippen molar-refractivity contribution >= 4 is 29.0 Å². The summed E-state index contributed by atoms with van der Waals surface area (Å²) < 4.78 is 5.13. The number of hydrogen-bond donors (Lipinski definition) is 1. The fraction of sp³-hybridized carbons (Fsp3) is 0.333. The zero-order valence-corrected chi connectivity index (χ0v) is 13.4. The molecule has 112 valence electrons.